The second-order valence-electron chi connectivity index (χ2n) is 4.95. The van der Waals surface area contributed by atoms with Gasteiger partial charge in [-0.25, -0.2) is 0 Å². The highest BCUT2D eigenvalue weighted by Crippen LogP contribution is 2.31. The summed E-state index contributed by atoms with van der Waals surface area (Å²) in [7, 11) is 0. The second-order valence-corrected chi connectivity index (χ2v) is 4.95. The third kappa shape index (κ3) is 3.40. The Morgan fingerprint density at radius 3 is 2.17 bits per heavy atom. The number of hydrogen-bond donors (Lipinski definition) is 0. The monoisotopic (exact) mass is 257 g/mol. The Morgan fingerprint density at radius 2 is 1.78 bits per heavy atom. The molecule has 0 amide bonds. The third-order valence-corrected chi connectivity index (χ3v) is 2.84. The predicted molar refractivity (Wildman–Crippen MR) is 68.4 cm³/mol. The summed E-state index contributed by atoms with van der Waals surface area (Å²) in [6.45, 7) is 7.14. The summed E-state index contributed by atoms with van der Waals surface area (Å²) in [5.74, 6) is 0.655. The molecule has 0 aromatic carbocycles. The van der Waals surface area contributed by atoms with E-state index in [1.165, 1.54) is 0 Å². The number of hydrogen-bond acceptors (Lipinski definition) is 2. The van der Waals surface area contributed by atoms with Crippen molar-refractivity contribution in [3.05, 3.63) is 23.0 Å². The topological polar surface area (TPSA) is 22.1 Å². The first-order valence-electron chi connectivity index (χ1n) is 6.35. The van der Waals surface area contributed by atoms with E-state index in [0.29, 0.717) is 6.42 Å². The molecule has 0 unspecified atom stereocenters. The molecule has 4 heteroatoms. The number of pyridine rings is 1. The number of rotatable bonds is 5. The molecule has 1 aromatic heterocycles. The lowest BCUT2D eigenvalue weighted by Crippen LogP contribution is -2.10. The summed E-state index contributed by atoms with van der Waals surface area (Å²) in [4.78, 5) is 4.59. The number of nitrogens with zero attached hydrogens (tertiary/aromatic N) is 1. The fraction of sp³-hybridized carbons (Fsp3) is 0.643. The van der Waals surface area contributed by atoms with Crippen LogP contribution in [0.5, 0.6) is 5.75 Å². The lowest BCUT2D eigenvalue weighted by atomic mass is 9.98. The van der Waals surface area contributed by atoms with Crippen LogP contribution in [0.25, 0.3) is 0 Å². The fourth-order valence-electron chi connectivity index (χ4n) is 1.92. The molecule has 1 aromatic rings. The Morgan fingerprint density at radius 1 is 1.17 bits per heavy atom. The van der Waals surface area contributed by atoms with Gasteiger partial charge in [-0.1, -0.05) is 34.6 Å². The van der Waals surface area contributed by atoms with Crippen molar-refractivity contribution in [2.75, 3.05) is 0 Å². The van der Waals surface area contributed by atoms with E-state index < -0.39 is 6.61 Å². The molecule has 0 N–H and O–H groups in total. The standard InChI is InChI=1S/C14H21F2NO/c1-6-10-12(18-14(15)16)7-11(8(2)3)17-13(10)9(4)5/h7-9,14H,6H2,1-5H3. The molecule has 102 valence electrons. The van der Waals surface area contributed by atoms with E-state index in [0.717, 1.165) is 17.0 Å². The molecule has 0 saturated heterocycles. The Hall–Kier alpha value is -1.19. The van der Waals surface area contributed by atoms with Crippen LogP contribution in [-0.2, 0) is 6.42 Å². The number of alkyl halides is 2. The van der Waals surface area contributed by atoms with E-state index in [9.17, 15) is 8.78 Å². The molecule has 0 spiro atoms. The van der Waals surface area contributed by atoms with Crippen LogP contribution in [0.1, 0.15) is 63.4 Å². The summed E-state index contributed by atoms with van der Waals surface area (Å²) in [5, 5.41) is 0. The first-order valence-corrected chi connectivity index (χ1v) is 6.35. The van der Waals surface area contributed by atoms with Gasteiger partial charge in [-0.15, -0.1) is 0 Å². The minimum Gasteiger partial charge on any atom is -0.434 e. The first-order chi connectivity index (χ1) is 8.36. The Kier molecular flexibility index (Phi) is 5.05. The van der Waals surface area contributed by atoms with Crippen LogP contribution in [0.15, 0.2) is 6.07 Å². The van der Waals surface area contributed by atoms with Crippen LogP contribution in [0.4, 0.5) is 8.78 Å². The van der Waals surface area contributed by atoms with Gasteiger partial charge in [0.2, 0.25) is 0 Å². The van der Waals surface area contributed by atoms with Crippen LogP contribution in [0.3, 0.4) is 0 Å². The minimum atomic E-state index is -2.79. The summed E-state index contributed by atoms with van der Waals surface area (Å²) < 4.78 is 29.6. The quantitative estimate of drug-likeness (QED) is 0.775. The highest BCUT2D eigenvalue weighted by atomic mass is 19.3. The van der Waals surface area contributed by atoms with Gasteiger partial charge in [-0.05, 0) is 18.3 Å². The Labute approximate surface area is 107 Å². The average molecular weight is 257 g/mol. The summed E-state index contributed by atoms with van der Waals surface area (Å²) in [6.07, 6.45) is 0.640. The van der Waals surface area contributed by atoms with Gasteiger partial charge in [-0.3, -0.25) is 4.98 Å². The van der Waals surface area contributed by atoms with Crippen molar-refractivity contribution in [3.8, 4) is 5.75 Å². The predicted octanol–water partition coefficient (Wildman–Crippen LogP) is 4.49. The van der Waals surface area contributed by atoms with Gasteiger partial charge in [0.05, 0.1) is 5.69 Å². The Balaban J connectivity index is 3.36. The zero-order chi connectivity index (χ0) is 13.9. The number of aromatic nitrogens is 1. The maximum Gasteiger partial charge on any atom is 0.387 e. The van der Waals surface area contributed by atoms with E-state index in [4.69, 9.17) is 0 Å². The second kappa shape index (κ2) is 6.12. The molecule has 0 saturated carbocycles. The molecule has 0 atom stereocenters. The van der Waals surface area contributed by atoms with Crippen LogP contribution >= 0.6 is 0 Å². The molecule has 0 aliphatic carbocycles. The molecule has 1 heterocycles. The first kappa shape index (κ1) is 14.9. The van der Waals surface area contributed by atoms with Crippen LogP contribution in [-0.4, -0.2) is 11.6 Å². The molecule has 1 rings (SSSR count). The van der Waals surface area contributed by atoms with Crippen molar-refractivity contribution in [2.45, 2.75) is 59.5 Å². The fourth-order valence-corrected chi connectivity index (χ4v) is 1.92. The van der Waals surface area contributed by atoms with Gasteiger partial charge in [0.15, 0.2) is 0 Å². The van der Waals surface area contributed by atoms with E-state index in [-0.39, 0.29) is 17.6 Å². The van der Waals surface area contributed by atoms with Gasteiger partial charge in [-0.2, -0.15) is 8.78 Å². The van der Waals surface area contributed by atoms with Crippen molar-refractivity contribution in [3.63, 3.8) is 0 Å². The zero-order valence-electron chi connectivity index (χ0n) is 11.6. The summed E-state index contributed by atoms with van der Waals surface area (Å²) in [5.41, 5.74) is 2.45. The molecule has 18 heavy (non-hydrogen) atoms. The molecular weight excluding hydrogens is 236 g/mol. The minimum absolute atomic E-state index is 0.188. The smallest absolute Gasteiger partial charge is 0.387 e. The molecule has 0 bridgehead atoms. The van der Waals surface area contributed by atoms with Crippen LogP contribution in [0, 0.1) is 0 Å². The lowest BCUT2D eigenvalue weighted by Gasteiger charge is -2.18. The van der Waals surface area contributed by atoms with Crippen LogP contribution < -0.4 is 4.74 Å². The van der Waals surface area contributed by atoms with Gasteiger partial charge < -0.3 is 4.74 Å². The maximum atomic E-state index is 12.5. The Bertz CT molecular complexity index is 403. The summed E-state index contributed by atoms with van der Waals surface area (Å²) in [6, 6.07) is 1.64. The molecule has 0 fully saturated rings. The average Bonchev–Trinajstić information content (AvgIpc) is 2.26. The van der Waals surface area contributed by atoms with E-state index in [2.05, 4.69) is 9.72 Å². The molecule has 0 aliphatic rings. The SMILES string of the molecule is CCc1c(OC(F)F)cc(C(C)C)nc1C(C)C. The van der Waals surface area contributed by atoms with E-state index >= 15 is 0 Å². The summed E-state index contributed by atoms with van der Waals surface area (Å²) >= 11 is 0. The van der Waals surface area contributed by atoms with Crippen molar-refractivity contribution in [2.24, 2.45) is 0 Å². The van der Waals surface area contributed by atoms with Gasteiger partial charge in [0.1, 0.15) is 5.75 Å². The zero-order valence-corrected chi connectivity index (χ0v) is 11.6. The van der Waals surface area contributed by atoms with E-state index in [1.807, 2.05) is 34.6 Å². The van der Waals surface area contributed by atoms with Gasteiger partial charge >= 0.3 is 6.61 Å². The van der Waals surface area contributed by atoms with Crippen LogP contribution in [0.2, 0.25) is 0 Å². The van der Waals surface area contributed by atoms with Crippen molar-refractivity contribution in [1.29, 1.82) is 0 Å². The molecule has 0 aliphatic heterocycles. The number of halogens is 2. The van der Waals surface area contributed by atoms with Crippen molar-refractivity contribution in [1.82, 2.24) is 4.98 Å². The lowest BCUT2D eigenvalue weighted by molar-refractivity contribution is -0.0506. The molecule has 2 nitrogen and oxygen atoms in total. The van der Waals surface area contributed by atoms with Gasteiger partial charge in [0.25, 0.3) is 0 Å². The molecule has 0 radical (unpaired) electrons. The highest BCUT2D eigenvalue weighted by Gasteiger charge is 2.18. The number of ether oxygens (including phenoxy) is 1. The van der Waals surface area contributed by atoms with E-state index in [1.54, 1.807) is 6.07 Å². The van der Waals surface area contributed by atoms with Crippen molar-refractivity contribution >= 4 is 0 Å². The maximum absolute atomic E-state index is 12.5. The third-order valence-electron chi connectivity index (χ3n) is 2.84. The van der Waals surface area contributed by atoms with Crippen molar-refractivity contribution < 1.29 is 13.5 Å². The largest absolute Gasteiger partial charge is 0.434 e. The van der Waals surface area contributed by atoms with Gasteiger partial charge in [0, 0.05) is 17.3 Å². The molecular formula is C14H21F2NO. The normalized spacial score (nSPS) is 11.7. The highest BCUT2D eigenvalue weighted by molar-refractivity contribution is 5.40.